The fourth-order valence-electron chi connectivity index (χ4n) is 1.19. The lowest BCUT2D eigenvalue weighted by Crippen LogP contribution is -2.52. The number of nitrogens with two attached hydrogens (primary N) is 1. The summed E-state index contributed by atoms with van der Waals surface area (Å²) in [4.78, 5) is 32.1. The Bertz CT molecular complexity index is 361. The zero-order valence-electron chi connectivity index (χ0n) is 12.0. The van der Waals surface area contributed by atoms with Crippen molar-refractivity contribution in [2.45, 2.75) is 45.9 Å². The number of hydrogen-bond acceptors (Lipinski definition) is 6. The smallest absolute Gasteiger partial charge is 0.461 e. The van der Waals surface area contributed by atoms with Crippen LogP contribution >= 0.6 is 8.25 Å². The maximum absolute atomic E-state index is 11.8. The number of carbonyl (C=O) groups is 2. The highest BCUT2D eigenvalue weighted by molar-refractivity contribution is 7.32. The lowest BCUT2D eigenvalue weighted by atomic mass is 10.0. The molecule has 8 nitrogen and oxygen atoms in total. The fourth-order valence-corrected chi connectivity index (χ4v) is 1.47. The molecule has 0 spiro atoms. The molecular weight excluding hydrogens is 287 g/mol. The van der Waals surface area contributed by atoms with E-state index in [1.54, 1.807) is 27.7 Å². The van der Waals surface area contributed by atoms with Crippen LogP contribution in [-0.2, 0) is 23.4 Å². The highest BCUT2D eigenvalue weighted by Crippen LogP contribution is 2.15. The Hall–Kier alpha value is -1.08. The van der Waals surface area contributed by atoms with Crippen molar-refractivity contribution < 1.29 is 28.3 Å². The second kappa shape index (κ2) is 8.97. The molecule has 0 aliphatic carbocycles. The molecule has 0 heterocycles. The van der Waals surface area contributed by atoms with E-state index in [-0.39, 0.29) is 12.0 Å². The second-order valence-corrected chi connectivity index (χ2v) is 5.58. The van der Waals surface area contributed by atoms with Gasteiger partial charge in [0.2, 0.25) is 5.91 Å². The first-order chi connectivity index (χ1) is 9.15. The molecule has 1 unspecified atom stereocenters. The third-order valence-electron chi connectivity index (χ3n) is 2.33. The van der Waals surface area contributed by atoms with Crippen molar-refractivity contribution in [2.75, 3.05) is 6.61 Å². The van der Waals surface area contributed by atoms with Gasteiger partial charge in [-0.2, -0.15) is 0 Å². The van der Waals surface area contributed by atoms with Gasteiger partial charge in [0.25, 0.3) is 0 Å². The molecule has 3 atom stereocenters. The Morgan fingerprint density at radius 1 is 1.30 bits per heavy atom. The van der Waals surface area contributed by atoms with Crippen molar-refractivity contribution in [3.8, 4) is 0 Å². The molecule has 0 aromatic rings. The predicted octanol–water partition coefficient (Wildman–Crippen LogP) is 0.0724. The molecule has 0 aliphatic heterocycles. The average Bonchev–Trinajstić information content (AvgIpc) is 2.31. The van der Waals surface area contributed by atoms with Gasteiger partial charge in [-0.1, -0.05) is 13.8 Å². The molecule has 0 saturated carbocycles. The highest BCUT2D eigenvalue weighted by atomic mass is 31.1. The van der Waals surface area contributed by atoms with E-state index in [9.17, 15) is 14.2 Å². The summed E-state index contributed by atoms with van der Waals surface area (Å²) in [5.74, 6) is -1.42. The van der Waals surface area contributed by atoms with E-state index in [1.165, 1.54) is 0 Å². The lowest BCUT2D eigenvalue weighted by Gasteiger charge is -2.20. The van der Waals surface area contributed by atoms with Crippen molar-refractivity contribution in [1.29, 1.82) is 0 Å². The molecule has 116 valence electrons. The maximum atomic E-state index is 11.8. The van der Waals surface area contributed by atoms with E-state index in [1.807, 2.05) is 0 Å². The van der Waals surface area contributed by atoms with Crippen LogP contribution in [-0.4, -0.2) is 41.6 Å². The van der Waals surface area contributed by atoms with Gasteiger partial charge in [0.15, 0.2) is 6.04 Å². The molecule has 0 rings (SSSR count). The van der Waals surface area contributed by atoms with Gasteiger partial charge in [-0.05, 0) is 19.8 Å². The average molecular weight is 309 g/mol. The molecule has 4 N–H and O–H groups in total. The van der Waals surface area contributed by atoms with E-state index in [0.29, 0.717) is 0 Å². The molecule has 1 amide bonds. The summed E-state index contributed by atoms with van der Waals surface area (Å²) in [5, 5.41) is 2.36. The first-order valence-corrected chi connectivity index (χ1v) is 7.33. The van der Waals surface area contributed by atoms with Crippen molar-refractivity contribution in [3.05, 3.63) is 0 Å². The van der Waals surface area contributed by atoms with Crippen molar-refractivity contribution in [1.82, 2.24) is 5.32 Å². The standard InChI is InChI=1S/C11H21N2O6P/c1-6(2)9(12)10(14)13-8(5-18-20(16)17)11(15)19-7(3)4/h6-9H,5,12H2,1-4H3,(H-,13,14,16,17)/p+1/t8-,9+/m0/s1. The summed E-state index contributed by atoms with van der Waals surface area (Å²) in [7, 11) is -2.87. The van der Waals surface area contributed by atoms with Crippen LogP contribution < -0.4 is 11.1 Å². The summed E-state index contributed by atoms with van der Waals surface area (Å²) < 4.78 is 19.9. The second-order valence-electron chi connectivity index (χ2n) is 4.85. The summed E-state index contributed by atoms with van der Waals surface area (Å²) in [5.41, 5.74) is 5.65. The first-order valence-electron chi connectivity index (χ1n) is 6.20. The summed E-state index contributed by atoms with van der Waals surface area (Å²) in [6, 6.07) is -1.98. The molecule has 9 heteroatoms. The zero-order valence-corrected chi connectivity index (χ0v) is 12.9. The third kappa shape index (κ3) is 7.49. The zero-order chi connectivity index (χ0) is 15.9. The summed E-state index contributed by atoms with van der Waals surface area (Å²) in [6.07, 6.45) is -0.386. The van der Waals surface area contributed by atoms with Gasteiger partial charge >= 0.3 is 14.2 Å². The van der Waals surface area contributed by atoms with Gasteiger partial charge in [0, 0.05) is 4.57 Å². The van der Waals surface area contributed by atoms with E-state index < -0.39 is 38.8 Å². The van der Waals surface area contributed by atoms with E-state index >= 15 is 0 Å². The molecule has 0 bridgehead atoms. The van der Waals surface area contributed by atoms with Crippen LogP contribution in [0.25, 0.3) is 0 Å². The molecule has 0 radical (unpaired) electrons. The van der Waals surface area contributed by atoms with Crippen LogP contribution in [0.3, 0.4) is 0 Å². The number of esters is 1. The van der Waals surface area contributed by atoms with Crippen LogP contribution in [0, 0.1) is 5.92 Å². The Balaban J connectivity index is 4.71. The van der Waals surface area contributed by atoms with Crippen molar-refractivity contribution >= 4 is 20.1 Å². The minimum Gasteiger partial charge on any atom is -0.461 e. The predicted molar refractivity (Wildman–Crippen MR) is 71.7 cm³/mol. The SMILES string of the molecule is CC(C)OC(=O)[C@H](CO[P+](=O)O)NC(=O)[C@H](N)C(C)C. The van der Waals surface area contributed by atoms with Crippen LogP contribution in [0.4, 0.5) is 0 Å². The van der Waals surface area contributed by atoms with Crippen LogP contribution in [0.5, 0.6) is 0 Å². The molecule has 0 aromatic carbocycles. The van der Waals surface area contributed by atoms with E-state index in [0.717, 1.165) is 0 Å². The molecule has 0 fully saturated rings. The maximum Gasteiger partial charge on any atom is 0.694 e. The van der Waals surface area contributed by atoms with Gasteiger partial charge < -0.3 is 15.8 Å². The van der Waals surface area contributed by atoms with Crippen LogP contribution in [0.2, 0.25) is 0 Å². The van der Waals surface area contributed by atoms with E-state index in [4.69, 9.17) is 15.4 Å². The minimum atomic E-state index is -2.87. The summed E-state index contributed by atoms with van der Waals surface area (Å²) in [6.45, 7) is 6.33. The quantitative estimate of drug-likeness (QED) is 0.427. The van der Waals surface area contributed by atoms with Crippen molar-refractivity contribution in [3.63, 3.8) is 0 Å². The topological polar surface area (TPSA) is 128 Å². The van der Waals surface area contributed by atoms with E-state index in [2.05, 4.69) is 9.84 Å². The number of nitrogens with one attached hydrogen (secondary N) is 1. The highest BCUT2D eigenvalue weighted by Gasteiger charge is 2.30. The number of ether oxygens (including phenoxy) is 1. The van der Waals surface area contributed by atoms with Gasteiger partial charge in [-0.15, -0.1) is 9.42 Å². The Morgan fingerprint density at radius 2 is 1.85 bits per heavy atom. The third-order valence-corrected chi connectivity index (χ3v) is 2.70. The number of amides is 1. The van der Waals surface area contributed by atoms with Crippen LogP contribution in [0.1, 0.15) is 27.7 Å². The fraction of sp³-hybridized carbons (Fsp3) is 0.818. The van der Waals surface area contributed by atoms with Crippen molar-refractivity contribution in [2.24, 2.45) is 11.7 Å². The normalized spacial score (nSPS) is 14.9. The van der Waals surface area contributed by atoms with Gasteiger partial charge in [-0.3, -0.25) is 4.79 Å². The van der Waals surface area contributed by atoms with Gasteiger partial charge in [0.1, 0.15) is 6.61 Å². The molecule has 0 aromatic heterocycles. The van der Waals surface area contributed by atoms with Crippen LogP contribution in [0.15, 0.2) is 0 Å². The number of carbonyl (C=O) groups excluding carboxylic acids is 2. The molecule has 0 saturated heterocycles. The monoisotopic (exact) mass is 309 g/mol. The largest absolute Gasteiger partial charge is 0.694 e. The Labute approximate surface area is 119 Å². The van der Waals surface area contributed by atoms with Gasteiger partial charge in [-0.25, -0.2) is 4.79 Å². The minimum absolute atomic E-state index is 0.118. The lowest BCUT2D eigenvalue weighted by molar-refractivity contribution is -0.152. The Kier molecular flexibility index (Phi) is 8.48. The molecule has 0 aliphatic rings. The van der Waals surface area contributed by atoms with Gasteiger partial charge in [0.05, 0.1) is 12.1 Å². The molecule has 20 heavy (non-hydrogen) atoms. The summed E-state index contributed by atoms with van der Waals surface area (Å²) >= 11 is 0. The Morgan fingerprint density at radius 3 is 2.25 bits per heavy atom. The molecular formula is C11H22N2O6P+. The number of rotatable bonds is 8. The first kappa shape index (κ1) is 18.9. The number of hydrogen-bond donors (Lipinski definition) is 3.